The molecule has 1 aromatic heterocycles. The zero-order valence-corrected chi connectivity index (χ0v) is 9.28. The summed E-state index contributed by atoms with van der Waals surface area (Å²) in [6.07, 6.45) is 0.807. The molecule has 80 valence electrons. The lowest BCUT2D eigenvalue weighted by Crippen LogP contribution is -2.31. The zero-order chi connectivity index (χ0) is 11.0. The first-order valence-corrected chi connectivity index (χ1v) is 5.32. The molecule has 2 atom stereocenters. The number of hydrogen-bond donors (Lipinski definition) is 0. The highest BCUT2D eigenvalue weighted by molar-refractivity contribution is 5.92. The van der Waals surface area contributed by atoms with Gasteiger partial charge in [-0.2, -0.15) is 0 Å². The van der Waals surface area contributed by atoms with Crippen molar-refractivity contribution in [3.05, 3.63) is 29.1 Å². The first-order valence-electron chi connectivity index (χ1n) is 5.32. The number of aromatic nitrogens is 1. The average molecular weight is 205 g/mol. The number of fused-ring (bicyclic) bond motifs is 1. The molecule has 2 rings (SSSR count). The van der Waals surface area contributed by atoms with Crippen LogP contribution < -0.4 is 0 Å². The molecule has 0 N–H and O–H groups in total. The Hall–Kier alpha value is -1.38. The van der Waals surface area contributed by atoms with Crippen molar-refractivity contribution in [1.29, 1.82) is 0 Å². The van der Waals surface area contributed by atoms with E-state index in [1.54, 1.807) is 0 Å². The van der Waals surface area contributed by atoms with Crippen molar-refractivity contribution in [2.24, 2.45) is 0 Å². The molecule has 0 aromatic carbocycles. The molecular formula is C12H15NO2. The molecule has 2 heterocycles. The lowest BCUT2D eigenvalue weighted by Gasteiger charge is -2.29. The fourth-order valence-corrected chi connectivity index (χ4v) is 2.01. The molecule has 15 heavy (non-hydrogen) atoms. The van der Waals surface area contributed by atoms with E-state index in [9.17, 15) is 4.79 Å². The highest BCUT2D eigenvalue weighted by Gasteiger charge is 2.32. The number of nitrogens with zero attached hydrogens (tertiary/aromatic N) is 1. The van der Waals surface area contributed by atoms with Gasteiger partial charge < -0.3 is 4.74 Å². The van der Waals surface area contributed by atoms with Crippen molar-refractivity contribution in [2.75, 3.05) is 0 Å². The molecule has 0 fully saturated rings. The molecule has 3 heteroatoms. The smallest absolute Gasteiger partial charge is 0.340 e. The van der Waals surface area contributed by atoms with Gasteiger partial charge in [0.05, 0.1) is 11.3 Å². The molecule has 0 saturated carbocycles. The van der Waals surface area contributed by atoms with E-state index in [0.717, 1.165) is 17.8 Å². The molecule has 0 bridgehead atoms. The SMILES string of the molecule is CCC1OC(=O)c2ccc(C)nc2[C@H]1C. The number of cyclic esters (lactones) is 1. The van der Waals surface area contributed by atoms with Crippen LogP contribution >= 0.6 is 0 Å². The van der Waals surface area contributed by atoms with Gasteiger partial charge in [-0.25, -0.2) is 4.79 Å². The molecule has 3 nitrogen and oxygen atoms in total. The van der Waals surface area contributed by atoms with E-state index in [1.807, 2.05) is 26.0 Å². The molecule has 1 aliphatic rings. The Morgan fingerprint density at radius 3 is 2.87 bits per heavy atom. The first kappa shape index (κ1) is 10.1. The fraction of sp³-hybridized carbons (Fsp3) is 0.500. The molecule has 0 radical (unpaired) electrons. The van der Waals surface area contributed by atoms with Gasteiger partial charge in [0.25, 0.3) is 0 Å². The van der Waals surface area contributed by atoms with Crippen molar-refractivity contribution in [3.63, 3.8) is 0 Å². The van der Waals surface area contributed by atoms with Crippen molar-refractivity contribution < 1.29 is 9.53 Å². The molecular weight excluding hydrogens is 190 g/mol. The first-order chi connectivity index (χ1) is 7.13. The van der Waals surface area contributed by atoms with E-state index in [4.69, 9.17) is 4.74 Å². The minimum absolute atomic E-state index is 0.0284. The Kier molecular flexibility index (Phi) is 2.47. The number of aryl methyl sites for hydroxylation is 1. The molecule has 0 saturated heterocycles. The Morgan fingerprint density at radius 2 is 2.20 bits per heavy atom. The molecule has 1 unspecified atom stereocenters. The maximum absolute atomic E-state index is 11.6. The van der Waals surface area contributed by atoms with Crippen molar-refractivity contribution in [1.82, 2.24) is 4.98 Å². The summed E-state index contributed by atoms with van der Waals surface area (Å²) in [5.74, 6) is -0.0370. The van der Waals surface area contributed by atoms with Crippen LogP contribution in [-0.4, -0.2) is 17.1 Å². The van der Waals surface area contributed by atoms with Gasteiger partial charge in [0.1, 0.15) is 6.10 Å². The third-order valence-electron chi connectivity index (χ3n) is 2.93. The summed E-state index contributed by atoms with van der Waals surface area (Å²) in [7, 11) is 0. The van der Waals surface area contributed by atoms with E-state index in [-0.39, 0.29) is 18.0 Å². The van der Waals surface area contributed by atoms with E-state index in [2.05, 4.69) is 11.9 Å². The number of esters is 1. The Morgan fingerprint density at radius 1 is 1.47 bits per heavy atom. The summed E-state index contributed by atoms with van der Waals surface area (Å²) in [5, 5.41) is 0. The number of rotatable bonds is 1. The Labute approximate surface area is 89.5 Å². The lowest BCUT2D eigenvalue weighted by atomic mass is 9.92. The second kappa shape index (κ2) is 3.65. The van der Waals surface area contributed by atoms with Crippen LogP contribution in [0.15, 0.2) is 12.1 Å². The van der Waals surface area contributed by atoms with Gasteiger partial charge in [-0.05, 0) is 25.5 Å². The zero-order valence-electron chi connectivity index (χ0n) is 9.28. The number of carbonyl (C=O) groups is 1. The summed E-state index contributed by atoms with van der Waals surface area (Å²) >= 11 is 0. The van der Waals surface area contributed by atoms with E-state index in [0.29, 0.717) is 5.56 Å². The van der Waals surface area contributed by atoms with Crippen LogP contribution in [0.3, 0.4) is 0 Å². The van der Waals surface area contributed by atoms with Gasteiger partial charge in [-0.3, -0.25) is 4.98 Å². The highest BCUT2D eigenvalue weighted by Crippen LogP contribution is 2.31. The van der Waals surface area contributed by atoms with Crippen LogP contribution in [0, 0.1) is 6.92 Å². The average Bonchev–Trinajstić information content (AvgIpc) is 2.23. The summed E-state index contributed by atoms with van der Waals surface area (Å²) in [4.78, 5) is 16.1. The summed E-state index contributed by atoms with van der Waals surface area (Å²) in [5.41, 5.74) is 2.46. The van der Waals surface area contributed by atoms with Crippen LogP contribution in [0.2, 0.25) is 0 Å². The summed E-state index contributed by atoms with van der Waals surface area (Å²) in [6, 6.07) is 3.65. The summed E-state index contributed by atoms with van der Waals surface area (Å²) in [6.45, 7) is 6.02. The van der Waals surface area contributed by atoms with Crippen LogP contribution in [0.25, 0.3) is 0 Å². The van der Waals surface area contributed by atoms with Gasteiger partial charge in [0.2, 0.25) is 0 Å². The monoisotopic (exact) mass is 205 g/mol. The molecule has 1 aliphatic heterocycles. The van der Waals surface area contributed by atoms with E-state index < -0.39 is 0 Å². The fourth-order valence-electron chi connectivity index (χ4n) is 2.01. The molecule has 0 amide bonds. The van der Waals surface area contributed by atoms with Crippen LogP contribution in [0.5, 0.6) is 0 Å². The minimum Gasteiger partial charge on any atom is -0.458 e. The van der Waals surface area contributed by atoms with E-state index in [1.165, 1.54) is 0 Å². The third-order valence-corrected chi connectivity index (χ3v) is 2.93. The van der Waals surface area contributed by atoms with Gasteiger partial charge in [0, 0.05) is 11.6 Å². The van der Waals surface area contributed by atoms with Crippen molar-refractivity contribution in [3.8, 4) is 0 Å². The number of ether oxygens (including phenoxy) is 1. The van der Waals surface area contributed by atoms with Gasteiger partial charge in [0.15, 0.2) is 0 Å². The van der Waals surface area contributed by atoms with Crippen LogP contribution in [0.4, 0.5) is 0 Å². The van der Waals surface area contributed by atoms with Crippen molar-refractivity contribution in [2.45, 2.75) is 39.2 Å². The second-order valence-corrected chi connectivity index (χ2v) is 4.03. The van der Waals surface area contributed by atoms with Gasteiger partial charge >= 0.3 is 5.97 Å². The third kappa shape index (κ3) is 1.62. The number of pyridine rings is 1. The van der Waals surface area contributed by atoms with Crippen LogP contribution in [0.1, 0.15) is 47.9 Å². The molecule has 0 aliphatic carbocycles. The minimum atomic E-state index is -0.234. The quantitative estimate of drug-likeness (QED) is 0.661. The summed E-state index contributed by atoms with van der Waals surface area (Å²) < 4.78 is 5.34. The largest absolute Gasteiger partial charge is 0.458 e. The van der Waals surface area contributed by atoms with Gasteiger partial charge in [-0.15, -0.1) is 0 Å². The Bertz CT molecular complexity index is 401. The normalized spacial score (nSPS) is 24.6. The number of hydrogen-bond acceptors (Lipinski definition) is 3. The maximum atomic E-state index is 11.6. The van der Waals surface area contributed by atoms with E-state index >= 15 is 0 Å². The molecule has 0 spiro atoms. The van der Waals surface area contributed by atoms with Crippen molar-refractivity contribution >= 4 is 5.97 Å². The highest BCUT2D eigenvalue weighted by atomic mass is 16.5. The topological polar surface area (TPSA) is 39.2 Å². The lowest BCUT2D eigenvalue weighted by molar-refractivity contribution is 0.0174. The van der Waals surface area contributed by atoms with Gasteiger partial charge in [-0.1, -0.05) is 13.8 Å². The standard InChI is InChI=1S/C12H15NO2/c1-4-10-8(3)11-9(12(14)15-10)6-5-7(2)13-11/h5-6,8,10H,4H2,1-3H3/t8-,10?/m0/s1. The maximum Gasteiger partial charge on any atom is 0.340 e. The van der Waals surface area contributed by atoms with Crippen LogP contribution in [-0.2, 0) is 4.74 Å². The number of carbonyl (C=O) groups excluding carboxylic acids is 1. The molecule has 1 aromatic rings. The second-order valence-electron chi connectivity index (χ2n) is 4.03. The Balaban J connectivity index is 2.50. The predicted octanol–water partition coefficient (Wildman–Crippen LogP) is 2.44. The predicted molar refractivity (Wildman–Crippen MR) is 56.9 cm³/mol.